The number of rotatable bonds is 2. The first-order valence-electron chi connectivity index (χ1n) is 5.58. The number of halogens is 3. The van der Waals surface area contributed by atoms with Crippen molar-refractivity contribution in [3.63, 3.8) is 0 Å². The molecule has 0 amide bonds. The highest BCUT2D eigenvalue weighted by molar-refractivity contribution is 9.10. The summed E-state index contributed by atoms with van der Waals surface area (Å²) in [6, 6.07) is 5.67. The predicted octanol–water partition coefficient (Wildman–Crippen LogP) is 2.98. The molecule has 0 bridgehead atoms. The van der Waals surface area contributed by atoms with E-state index < -0.39 is 0 Å². The van der Waals surface area contributed by atoms with Crippen LogP contribution in [0.25, 0.3) is 0 Å². The zero-order valence-corrected chi connectivity index (χ0v) is 12.2. The highest BCUT2D eigenvalue weighted by Crippen LogP contribution is 2.24. The fraction of sp³-hybridized carbons (Fsp3) is 0.500. The summed E-state index contributed by atoms with van der Waals surface area (Å²) in [5.41, 5.74) is 1.04. The first-order chi connectivity index (χ1) is 7.68. The topological polar surface area (TPSA) is 15.3 Å². The van der Waals surface area contributed by atoms with Gasteiger partial charge in [0.05, 0.1) is 4.47 Å². The molecule has 96 valence electrons. The Balaban J connectivity index is 0.00000144. The van der Waals surface area contributed by atoms with Gasteiger partial charge in [0.15, 0.2) is 0 Å². The van der Waals surface area contributed by atoms with E-state index in [1.807, 2.05) is 6.07 Å². The molecule has 1 N–H and O–H groups in total. The standard InChI is InChI=1S/C12H16BrFN2.ClH/c1-9(16-6-4-15-5-7-16)10-2-3-11(13)12(14)8-10;/h2-3,8-9,15H,4-7H2,1H3;1H/t9-;/m0./s1. The van der Waals surface area contributed by atoms with Gasteiger partial charge in [-0.1, -0.05) is 6.07 Å². The Morgan fingerprint density at radius 1 is 1.35 bits per heavy atom. The fourth-order valence-corrected chi connectivity index (χ4v) is 2.30. The molecule has 0 saturated carbocycles. The van der Waals surface area contributed by atoms with E-state index in [1.54, 1.807) is 12.1 Å². The molecule has 1 fully saturated rings. The van der Waals surface area contributed by atoms with E-state index in [0.29, 0.717) is 4.47 Å². The van der Waals surface area contributed by atoms with Gasteiger partial charge in [-0.25, -0.2) is 4.39 Å². The van der Waals surface area contributed by atoms with E-state index in [2.05, 4.69) is 33.1 Å². The Kier molecular flexibility index (Phi) is 5.86. The number of nitrogens with one attached hydrogen (secondary N) is 1. The van der Waals surface area contributed by atoms with Gasteiger partial charge in [0.2, 0.25) is 0 Å². The summed E-state index contributed by atoms with van der Waals surface area (Å²) in [7, 11) is 0. The second-order valence-electron chi connectivity index (χ2n) is 4.14. The number of hydrogen-bond donors (Lipinski definition) is 1. The largest absolute Gasteiger partial charge is 0.314 e. The van der Waals surface area contributed by atoms with E-state index in [0.717, 1.165) is 31.7 Å². The van der Waals surface area contributed by atoms with E-state index in [4.69, 9.17) is 0 Å². The Labute approximate surface area is 116 Å². The molecular formula is C12H17BrClFN2. The summed E-state index contributed by atoms with van der Waals surface area (Å²) in [5, 5.41) is 3.32. The minimum atomic E-state index is -0.181. The van der Waals surface area contributed by atoms with Crippen molar-refractivity contribution in [2.75, 3.05) is 26.2 Å². The molecule has 1 atom stereocenters. The number of benzene rings is 1. The lowest BCUT2D eigenvalue weighted by molar-refractivity contribution is 0.185. The van der Waals surface area contributed by atoms with E-state index >= 15 is 0 Å². The van der Waals surface area contributed by atoms with Crippen LogP contribution >= 0.6 is 28.3 Å². The van der Waals surface area contributed by atoms with E-state index in [9.17, 15) is 4.39 Å². The molecule has 0 radical (unpaired) electrons. The van der Waals surface area contributed by atoms with Crippen molar-refractivity contribution in [1.29, 1.82) is 0 Å². The van der Waals surface area contributed by atoms with Crippen LogP contribution in [0.2, 0.25) is 0 Å². The highest BCUT2D eigenvalue weighted by atomic mass is 79.9. The van der Waals surface area contributed by atoms with Crippen molar-refractivity contribution in [3.05, 3.63) is 34.1 Å². The lowest BCUT2D eigenvalue weighted by Crippen LogP contribution is -2.44. The average molecular weight is 324 g/mol. The lowest BCUT2D eigenvalue weighted by Gasteiger charge is -2.33. The van der Waals surface area contributed by atoms with Crippen LogP contribution in [0.4, 0.5) is 4.39 Å². The molecule has 0 aliphatic carbocycles. The average Bonchev–Trinajstić information content (AvgIpc) is 2.33. The lowest BCUT2D eigenvalue weighted by atomic mass is 10.1. The monoisotopic (exact) mass is 322 g/mol. The molecule has 1 aromatic rings. The molecule has 17 heavy (non-hydrogen) atoms. The first kappa shape index (κ1) is 14.9. The van der Waals surface area contributed by atoms with Gasteiger partial charge in [0.25, 0.3) is 0 Å². The second kappa shape index (κ2) is 6.69. The normalized spacial score (nSPS) is 18.5. The molecule has 2 rings (SSSR count). The SMILES string of the molecule is C[C@@H](c1ccc(Br)c(F)c1)N1CCNCC1.Cl. The maximum Gasteiger partial charge on any atom is 0.137 e. The molecule has 1 aromatic carbocycles. The van der Waals surface area contributed by atoms with Gasteiger partial charge in [-0.3, -0.25) is 4.90 Å². The van der Waals surface area contributed by atoms with Gasteiger partial charge >= 0.3 is 0 Å². The van der Waals surface area contributed by atoms with Crippen LogP contribution in [0.3, 0.4) is 0 Å². The third-order valence-electron chi connectivity index (χ3n) is 3.13. The van der Waals surface area contributed by atoms with Crippen molar-refractivity contribution in [2.24, 2.45) is 0 Å². The van der Waals surface area contributed by atoms with Gasteiger partial charge in [-0.15, -0.1) is 12.4 Å². The van der Waals surface area contributed by atoms with E-state index in [1.165, 1.54) is 0 Å². The molecule has 1 aliphatic rings. The van der Waals surface area contributed by atoms with Gasteiger partial charge in [-0.2, -0.15) is 0 Å². The fourth-order valence-electron chi connectivity index (χ4n) is 2.05. The summed E-state index contributed by atoms with van der Waals surface area (Å²) in [4.78, 5) is 2.37. The van der Waals surface area contributed by atoms with Gasteiger partial charge in [-0.05, 0) is 40.5 Å². The Morgan fingerprint density at radius 3 is 2.59 bits per heavy atom. The van der Waals surface area contributed by atoms with Crippen LogP contribution in [0, 0.1) is 5.82 Å². The van der Waals surface area contributed by atoms with E-state index in [-0.39, 0.29) is 24.3 Å². The first-order valence-corrected chi connectivity index (χ1v) is 6.37. The van der Waals surface area contributed by atoms with Crippen LogP contribution in [-0.2, 0) is 0 Å². The summed E-state index contributed by atoms with van der Waals surface area (Å²) in [6.45, 7) is 6.22. The van der Waals surface area contributed by atoms with Crippen molar-refractivity contribution in [2.45, 2.75) is 13.0 Å². The van der Waals surface area contributed by atoms with Crippen molar-refractivity contribution >= 4 is 28.3 Å². The molecule has 0 spiro atoms. The third kappa shape index (κ3) is 3.65. The van der Waals surface area contributed by atoms with Crippen LogP contribution in [-0.4, -0.2) is 31.1 Å². The molecule has 5 heteroatoms. The van der Waals surface area contributed by atoms with Gasteiger partial charge < -0.3 is 5.32 Å². The molecule has 2 nitrogen and oxygen atoms in total. The Bertz CT molecular complexity index is 370. The summed E-state index contributed by atoms with van der Waals surface area (Å²) >= 11 is 3.18. The minimum Gasteiger partial charge on any atom is -0.314 e. The highest BCUT2D eigenvalue weighted by Gasteiger charge is 2.18. The van der Waals surface area contributed by atoms with Crippen LogP contribution < -0.4 is 5.32 Å². The van der Waals surface area contributed by atoms with Crippen LogP contribution in [0.1, 0.15) is 18.5 Å². The number of piperazine rings is 1. The van der Waals surface area contributed by atoms with Crippen molar-refractivity contribution in [3.8, 4) is 0 Å². The Hall–Kier alpha value is -0.160. The second-order valence-corrected chi connectivity index (χ2v) is 4.99. The zero-order chi connectivity index (χ0) is 11.5. The Morgan fingerprint density at radius 2 is 2.00 bits per heavy atom. The van der Waals surface area contributed by atoms with Crippen molar-refractivity contribution < 1.29 is 4.39 Å². The van der Waals surface area contributed by atoms with Gasteiger partial charge in [0.1, 0.15) is 5.82 Å². The maximum absolute atomic E-state index is 13.4. The molecule has 1 saturated heterocycles. The van der Waals surface area contributed by atoms with Crippen LogP contribution in [0.15, 0.2) is 22.7 Å². The third-order valence-corrected chi connectivity index (χ3v) is 3.77. The zero-order valence-electron chi connectivity index (χ0n) is 9.75. The summed E-state index contributed by atoms with van der Waals surface area (Å²) in [5.74, 6) is -0.181. The molecule has 0 aromatic heterocycles. The quantitative estimate of drug-likeness (QED) is 0.900. The predicted molar refractivity (Wildman–Crippen MR) is 74.2 cm³/mol. The smallest absolute Gasteiger partial charge is 0.137 e. The summed E-state index contributed by atoms with van der Waals surface area (Å²) in [6.07, 6.45) is 0. The minimum absolute atomic E-state index is 0. The molecular weight excluding hydrogens is 307 g/mol. The summed E-state index contributed by atoms with van der Waals surface area (Å²) < 4.78 is 14.0. The molecule has 1 aliphatic heterocycles. The maximum atomic E-state index is 13.4. The van der Waals surface area contributed by atoms with Crippen molar-refractivity contribution in [1.82, 2.24) is 10.2 Å². The number of nitrogens with zero attached hydrogens (tertiary/aromatic N) is 1. The molecule has 1 heterocycles. The van der Waals surface area contributed by atoms with Gasteiger partial charge in [0, 0.05) is 32.2 Å². The van der Waals surface area contributed by atoms with Crippen LogP contribution in [0.5, 0.6) is 0 Å². The number of hydrogen-bond acceptors (Lipinski definition) is 2. The molecule has 0 unspecified atom stereocenters.